The van der Waals surface area contributed by atoms with Crippen molar-refractivity contribution < 1.29 is 63.7 Å². The minimum atomic E-state index is -1.34. The Balaban J connectivity index is 0. The molecule has 3 N–H and O–H groups in total. The zero-order valence-electron chi connectivity index (χ0n) is 17.9. The van der Waals surface area contributed by atoms with E-state index >= 15 is 0 Å². The van der Waals surface area contributed by atoms with Gasteiger partial charge in [0, 0.05) is 19.3 Å². The van der Waals surface area contributed by atoms with Crippen molar-refractivity contribution in [2.75, 3.05) is 26.2 Å². The minimum Gasteiger partial charge on any atom is -0.544 e. The summed E-state index contributed by atoms with van der Waals surface area (Å²) in [6.07, 6.45) is 4.71. The Labute approximate surface area is 190 Å². The van der Waals surface area contributed by atoms with Crippen molar-refractivity contribution in [2.45, 2.75) is 77.8 Å². The smallest absolute Gasteiger partial charge is 0.544 e. The largest absolute Gasteiger partial charge is 1.00 e. The number of amides is 1. The monoisotopic (exact) mass is 411 g/mol. The van der Waals surface area contributed by atoms with Crippen molar-refractivity contribution in [2.24, 2.45) is 0 Å². The predicted molar refractivity (Wildman–Crippen MR) is 99.6 cm³/mol. The van der Waals surface area contributed by atoms with E-state index in [1.807, 2.05) is 0 Å². The molecule has 0 aromatic rings. The molecular weight excluding hydrogens is 375 g/mol. The van der Waals surface area contributed by atoms with Crippen LogP contribution in [0.3, 0.4) is 0 Å². The number of aliphatic carboxylic acids is 2. The Morgan fingerprint density at radius 2 is 1.61 bits per heavy atom. The fraction of sp³-hybridized carbons (Fsp3) is 0.842. The van der Waals surface area contributed by atoms with E-state index in [0.29, 0.717) is 6.42 Å². The van der Waals surface area contributed by atoms with Gasteiger partial charge in [-0.05, 0) is 6.42 Å². The van der Waals surface area contributed by atoms with Crippen LogP contribution in [0.5, 0.6) is 0 Å². The van der Waals surface area contributed by atoms with Crippen LogP contribution in [0.1, 0.15) is 65.7 Å². The molecule has 0 heterocycles. The molecule has 0 rings (SSSR count). The van der Waals surface area contributed by atoms with Crippen LogP contribution in [0, 0.1) is 0 Å². The van der Waals surface area contributed by atoms with E-state index in [1.54, 1.807) is 13.8 Å². The quantitative estimate of drug-likeness (QED) is 0.144. The zero-order valence-corrected chi connectivity index (χ0v) is 19.9. The van der Waals surface area contributed by atoms with Crippen LogP contribution in [0.25, 0.3) is 0 Å². The molecule has 3 unspecified atom stereocenters. The summed E-state index contributed by atoms with van der Waals surface area (Å²) >= 11 is 0. The summed E-state index contributed by atoms with van der Waals surface area (Å²) < 4.78 is -0.336. The number of carboxylic acid groups (broad SMARTS) is 2. The van der Waals surface area contributed by atoms with Crippen molar-refractivity contribution in [3.05, 3.63) is 0 Å². The van der Waals surface area contributed by atoms with Gasteiger partial charge in [0.2, 0.25) is 5.91 Å². The topological polar surface area (TPSA) is 127 Å². The predicted octanol–water partition coefficient (Wildman–Crippen LogP) is -2.72. The number of carbonyl (C=O) groups is 3. The van der Waals surface area contributed by atoms with Crippen LogP contribution in [0.2, 0.25) is 0 Å². The number of quaternary nitrogens is 1. The van der Waals surface area contributed by atoms with Gasteiger partial charge in [0.05, 0.1) is 25.7 Å². The number of nitrogens with one attached hydrogen (secondary N) is 1. The van der Waals surface area contributed by atoms with Crippen LogP contribution >= 0.6 is 0 Å². The normalized spacial score (nSPS) is 15.0. The van der Waals surface area contributed by atoms with E-state index in [4.69, 9.17) is 0 Å². The molecule has 8 nitrogen and oxygen atoms in total. The first-order valence-corrected chi connectivity index (χ1v) is 9.98. The van der Waals surface area contributed by atoms with Crippen molar-refractivity contribution in [1.82, 2.24) is 5.32 Å². The van der Waals surface area contributed by atoms with Crippen LogP contribution in [0.4, 0.5) is 0 Å². The van der Waals surface area contributed by atoms with Gasteiger partial charge in [-0.25, -0.2) is 4.79 Å². The first-order chi connectivity index (χ1) is 12.8. The second-order valence-electron chi connectivity index (χ2n) is 6.94. The van der Waals surface area contributed by atoms with E-state index in [2.05, 4.69) is 12.2 Å². The molecule has 0 aliphatic carbocycles. The first-order valence-electron chi connectivity index (χ1n) is 9.98. The molecule has 3 atom stereocenters. The van der Waals surface area contributed by atoms with Gasteiger partial charge in [-0.15, -0.1) is 0 Å². The molecule has 9 heteroatoms. The summed E-state index contributed by atoms with van der Waals surface area (Å²) in [5.41, 5.74) is 0. The number of carbonyl (C=O) groups excluding carboxylic acids is 2. The second kappa shape index (κ2) is 16.2. The first kappa shape index (κ1) is 29.5. The standard InChI is InChI=1S/C19H36N2O6.Na/c1-4-7-8-9-10-17(23)20-11-12-21(13-14-22,15(5-2)18(24)25)16(6-3)19(26)27;/h15-16,22H,4-14H2,1-3H3,(H2-,20,23,24,25,26,27);/q;+1. The molecule has 0 spiro atoms. The number of hydrogen-bond acceptors (Lipinski definition) is 5. The molecule has 0 saturated carbocycles. The maximum Gasteiger partial charge on any atom is 1.00 e. The SMILES string of the molecule is CCCCCCC(=O)NCC[N+](CCO)(C(CC)C(=O)[O-])C(CC)C(=O)O.[Na+]. The number of nitrogens with zero attached hydrogens (tertiary/aromatic N) is 1. The molecule has 158 valence electrons. The summed E-state index contributed by atoms with van der Waals surface area (Å²) in [7, 11) is 0. The number of aliphatic hydroxyl groups excluding tert-OH is 1. The summed E-state index contributed by atoms with van der Waals surface area (Å²) in [6, 6.07) is -2.07. The molecule has 0 aromatic carbocycles. The van der Waals surface area contributed by atoms with Gasteiger partial charge in [0.25, 0.3) is 0 Å². The third-order valence-corrected chi connectivity index (χ3v) is 5.20. The van der Waals surface area contributed by atoms with E-state index in [0.717, 1.165) is 25.7 Å². The Hall–Kier alpha value is -0.670. The number of carboxylic acids is 2. The Morgan fingerprint density at radius 1 is 1.00 bits per heavy atom. The van der Waals surface area contributed by atoms with Crippen LogP contribution < -0.4 is 40.0 Å². The Morgan fingerprint density at radius 3 is 2.04 bits per heavy atom. The van der Waals surface area contributed by atoms with Crippen molar-refractivity contribution in [1.29, 1.82) is 0 Å². The summed E-state index contributed by atoms with van der Waals surface area (Å²) in [6.45, 7) is 5.32. The van der Waals surface area contributed by atoms with Crippen molar-refractivity contribution >= 4 is 17.8 Å². The number of aliphatic hydroxyl groups is 1. The Bertz CT molecular complexity index is 453. The van der Waals surface area contributed by atoms with Gasteiger partial charge in [0.15, 0.2) is 6.04 Å². The number of hydrogen-bond donors (Lipinski definition) is 3. The van der Waals surface area contributed by atoms with Gasteiger partial charge in [-0.3, -0.25) is 4.79 Å². The van der Waals surface area contributed by atoms with Gasteiger partial charge in [-0.1, -0.05) is 40.0 Å². The zero-order chi connectivity index (χ0) is 20.9. The van der Waals surface area contributed by atoms with Crippen molar-refractivity contribution in [3.63, 3.8) is 0 Å². The molecule has 0 aromatic heterocycles. The van der Waals surface area contributed by atoms with E-state index < -0.39 is 24.0 Å². The summed E-state index contributed by atoms with van der Waals surface area (Å²) in [5, 5.41) is 33.6. The maximum absolute atomic E-state index is 12.0. The fourth-order valence-corrected chi connectivity index (χ4v) is 3.84. The average molecular weight is 411 g/mol. The molecule has 0 bridgehead atoms. The van der Waals surface area contributed by atoms with Crippen LogP contribution in [-0.2, 0) is 14.4 Å². The third-order valence-electron chi connectivity index (χ3n) is 5.20. The molecule has 0 aliphatic heterocycles. The Kier molecular flexibility index (Phi) is 17.0. The van der Waals surface area contributed by atoms with Gasteiger partial charge >= 0.3 is 35.5 Å². The second-order valence-corrected chi connectivity index (χ2v) is 6.94. The number of rotatable bonds is 16. The fourth-order valence-electron chi connectivity index (χ4n) is 3.84. The third kappa shape index (κ3) is 9.22. The molecule has 0 radical (unpaired) electrons. The van der Waals surface area contributed by atoms with Crippen molar-refractivity contribution in [3.8, 4) is 0 Å². The molecular formula is C19H36N2NaO6+. The van der Waals surface area contributed by atoms with E-state index in [9.17, 15) is 29.7 Å². The van der Waals surface area contributed by atoms with E-state index in [-0.39, 0.29) is 79.0 Å². The average Bonchev–Trinajstić information content (AvgIpc) is 2.59. The molecule has 1 amide bonds. The van der Waals surface area contributed by atoms with Gasteiger partial charge in [0.1, 0.15) is 12.6 Å². The molecule has 0 aliphatic rings. The number of unbranched alkanes of at least 4 members (excludes halogenated alkanes) is 3. The van der Waals surface area contributed by atoms with Crippen LogP contribution in [0.15, 0.2) is 0 Å². The maximum atomic E-state index is 12.0. The molecule has 28 heavy (non-hydrogen) atoms. The summed E-state index contributed by atoms with van der Waals surface area (Å²) in [5.74, 6) is -2.58. The van der Waals surface area contributed by atoms with Gasteiger partial charge < -0.3 is 29.9 Å². The summed E-state index contributed by atoms with van der Waals surface area (Å²) in [4.78, 5) is 35.5. The molecule has 0 saturated heterocycles. The van der Waals surface area contributed by atoms with Gasteiger partial charge in [-0.2, -0.15) is 0 Å². The van der Waals surface area contributed by atoms with E-state index in [1.165, 1.54) is 0 Å². The minimum absolute atomic E-state index is 0. The van der Waals surface area contributed by atoms with Crippen LogP contribution in [-0.4, -0.2) is 70.9 Å². The molecule has 0 fully saturated rings.